The van der Waals surface area contributed by atoms with Gasteiger partial charge in [0.25, 0.3) is 5.91 Å². The molecule has 1 heterocycles. The summed E-state index contributed by atoms with van der Waals surface area (Å²) in [7, 11) is -3.62. The first-order valence-electron chi connectivity index (χ1n) is 9.88. The molecule has 0 aliphatic carbocycles. The minimum Gasteiger partial charge on any atom is -0.373 e. The van der Waals surface area contributed by atoms with Crippen LogP contribution in [0.2, 0.25) is 0 Å². The minimum absolute atomic E-state index is 0.152. The van der Waals surface area contributed by atoms with E-state index in [0.717, 1.165) is 23.2 Å². The van der Waals surface area contributed by atoms with Gasteiger partial charge in [0, 0.05) is 24.3 Å². The van der Waals surface area contributed by atoms with Gasteiger partial charge in [0.05, 0.1) is 17.1 Å². The van der Waals surface area contributed by atoms with Crippen molar-refractivity contribution in [3.05, 3.63) is 59.2 Å². The Hall–Kier alpha value is -2.22. The molecule has 0 saturated carbocycles. The van der Waals surface area contributed by atoms with Crippen LogP contribution < -0.4 is 5.32 Å². The summed E-state index contributed by atoms with van der Waals surface area (Å²) < 4.78 is 33.0. The van der Waals surface area contributed by atoms with Crippen molar-refractivity contribution in [3.63, 3.8) is 0 Å². The van der Waals surface area contributed by atoms with E-state index in [2.05, 4.69) is 5.32 Å². The number of morpholine rings is 1. The largest absolute Gasteiger partial charge is 0.373 e. The number of aryl methyl sites for hydroxylation is 2. The van der Waals surface area contributed by atoms with Crippen molar-refractivity contribution >= 4 is 21.6 Å². The van der Waals surface area contributed by atoms with Gasteiger partial charge >= 0.3 is 0 Å². The first-order valence-corrected chi connectivity index (χ1v) is 11.3. The van der Waals surface area contributed by atoms with Crippen molar-refractivity contribution in [2.45, 2.75) is 51.2 Å². The van der Waals surface area contributed by atoms with Crippen LogP contribution in [-0.4, -0.2) is 43.9 Å². The van der Waals surface area contributed by atoms with E-state index in [-0.39, 0.29) is 23.0 Å². The van der Waals surface area contributed by atoms with Crippen LogP contribution in [0.15, 0.2) is 47.4 Å². The Labute approximate surface area is 172 Å². The first-order chi connectivity index (χ1) is 13.7. The monoisotopic (exact) mass is 416 g/mol. The van der Waals surface area contributed by atoms with E-state index in [9.17, 15) is 13.2 Å². The van der Waals surface area contributed by atoms with Crippen LogP contribution in [0.4, 0.5) is 5.69 Å². The number of ether oxygens (including phenoxy) is 1. The molecule has 0 bridgehead atoms. The molecule has 156 valence electrons. The van der Waals surface area contributed by atoms with Gasteiger partial charge in [-0.15, -0.1) is 0 Å². The van der Waals surface area contributed by atoms with E-state index in [1.807, 2.05) is 45.9 Å². The molecule has 1 fully saturated rings. The van der Waals surface area contributed by atoms with Gasteiger partial charge in [-0.3, -0.25) is 4.79 Å². The van der Waals surface area contributed by atoms with Crippen LogP contribution in [0, 0.1) is 6.92 Å². The van der Waals surface area contributed by atoms with E-state index in [4.69, 9.17) is 4.74 Å². The quantitative estimate of drug-likeness (QED) is 0.808. The molecule has 1 aliphatic heterocycles. The topological polar surface area (TPSA) is 75.7 Å². The summed E-state index contributed by atoms with van der Waals surface area (Å²) in [6, 6.07) is 12.0. The molecule has 0 aromatic heterocycles. The van der Waals surface area contributed by atoms with Gasteiger partial charge < -0.3 is 10.1 Å². The van der Waals surface area contributed by atoms with Gasteiger partial charge in [0.1, 0.15) is 0 Å². The third kappa shape index (κ3) is 4.69. The van der Waals surface area contributed by atoms with Gasteiger partial charge in [0.15, 0.2) is 0 Å². The lowest BCUT2D eigenvalue weighted by atomic mass is 10.1. The molecular formula is C22H28N2O4S. The number of anilines is 1. The molecule has 2 atom stereocenters. The third-order valence-corrected chi connectivity index (χ3v) is 6.96. The van der Waals surface area contributed by atoms with Crippen molar-refractivity contribution in [1.82, 2.24) is 4.31 Å². The van der Waals surface area contributed by atoms with E-state index >= 15 is 0 Å². The SMILES string of the molecule is CCc1cccc(C)c1NC(=O)c1ccc(S(=O)(=O)N2CC(C)OC(C)C2)cc1. The highest BCUT2D eigenvalue weighted by Gasteiger charge is 2.32. The summed E-state index contributed by atoms with van der Waals surface area (Å²) in [6.45, 7) is 8.36. The Kier molecular flexibility index (Phi) is 6.41. The molecule has 1 saturated heterocycles. The van der Waals surface area contributed by atoms with Crippen molar-refractivity contribution in [1.29, 1.82) is 0 Å². The molecule has 6 nitrogen and oxygen atoms in total. The number of amides is 1. The van der Waals surface area contributed by atoms with Crippen molar-refractivity contribution < 1.29 is 17.9 Å². The van der Waals surface area contributed by atoms with Gasteiger partial charge in [-0.05, 0) is 62.6 Å². The molecule has 0 radical (unpaired) electrons. The zero-order chi connectivity index (χ0) is 21.2. The number of hydrogen-bond acceptors (Lipinski definition) is 4. The second-order valence-corrected chi connectivity index (χ2v) is 9.46. The van der Waals surface area contributed by atoms with Crippen molar-refractivity contribution in [3.8, 4) is 0 Å². The number of benzene rings is 2. The smallest absolute Gasteiger partial charge is 0.255 e. The number of hydrogen-bond donors (Lipinski definition) is 1. The Morgan fingerprint density at radius 3 is 2.31 bits per heavy atom. The summed E-state index contributed by atoms with van der Waals surface area (Å²) >= 11 is 0. The fraction of sp³-hybridized carbons (Fsp3) is 0.409. The van der Waals surface area contributed by atoms with Gasteiger partial charge in [-0.25, -0.2) is 8.42 Å². The number of carbonyl (C=O) groups excluding carboxylic acids is 1. The highest BCUT2D eigenvalue weighted by atomic mass is 32.2. The molecule has 2 aromatic carbocycles. The predicted octanol–water partition coefficient (Wildman–Crippen LogP) is 3.61. The fourth-order valence-electron chi connectivity index (χ4n) is 3.64. The molecule has 2 unspecified atom stereocenters. The van der Waals surface area contributed by atoms with Crippen molar-refractivity contribution in [2.24, 2.45) is 0 Å². The van der Waals surface area contributed by atoms with Gasteiger partial charge in [-0.2, -0.15) is 4.31 Å². The maximum Gasteiger partial charge on any atom is 0.255 e. The Bertz CT molecular complexity index is 976. The minimum atomic E-state index is -3.62. The Morgan fingerprint density at radius 1 is 1.10 bits per heavy atom. The van der Waals surface area contributed by atoms with Crippen LogP contribution in [0.5, 0.6) is 0 Å². The van der Waals surface area contributed by atoms with E-state index in [0.29, 0.717) is 18.7 Å². The number of nitrogens with one attached hydrogen (secondary N) is 1. The maximum absolute atomic E-state index is 12.9. The molecule has 3 rings (SSSR count). The lowest BCUT2D eigenvalue weighted by molar-refractivity contribution is -0.0440. The Balaban J connectivity index is 1.79. The molecule has 1 amide bonds. The highest BCUT2D eigenvalue weighted by Crippen LogP contribution is 2.24. The van der Waals surface area contributed by atoms with Gasteiger partial charge in [-0.1, -0.05) is 25.1 Å². The molecule has 1 N–H and O–H groups in total. The van der Waals surface area contributed by atoms with Crippen molar-refractivity contribution in [2.75, 3.05) is 18.4 Å². The molecule has 1 aliphatic rings. The van der Waals surface area contributed by atoms with Crippen LogP contribution in [0.25, 0.3) is 0 Å². The van der Waals surface area contributed by atoms with Crippen LogP contribution in [-0.2, 0) is 21.2 Å². The highest BCUT2D eigenvalue weighted by molar-refractivity contribution is 7.89. The zero-order valence-electron chi connectivity index (χ0n) is 17.3. The van der Waals surface area contributed by atoms with Gasteiger partial charge in [0.2, 0.25) is 10.0 Å². The summed E-state index contributed by atoms with van der Waals surface area (Å²) in [5, 5.41) is 2.96. The second-order valence-electron chi connectivity index (χ2n) is 7.52. The zero-order valence-corrected chi connectivity index (χ0v) is 18.1. The third-order valence-electron chi connectivity index (χ3n) is 5.12. The number of nitrogens with zero attached hydrogens (tertiary/aromatic N) is 1. The van der Waals surface area contributed by atoms with E-state index < -0.39 is 10.0 Å². The molecule has 7 heteroatoms. The summed E-state index contributed by atoms with van der Waals surface area (Å²) in [5.74, 6) is -0.258. The normalized spacial score (nSPS) is 20.4. The average Bonchev–Trinajstić information content (AvgIpc) is 2.68. The molecule has 2 aromatic rings. The number of carbonyl (C=O) groups is 1. The Morgan fingerprint density at radius 2 is 1.72 bits per heavy atom. The van der Waals surface area contributed by atoms with E-state index in [1.165, 1.54) is 16.4 Å². The predicted molar refractivity (Wildman–Crippen MR) is 114 cm³/mol. The lowest BCUT2D eigenvalue weighted by Gasteiger charge is -2.34. The molecule has 0 spiro atoms. The lowest BCUT2D eigenvalue weighted by Crippen LogP contribution is -2.48. The van der Waals surface area contributed by atoms with Crippen LogP contribution in [0.1, 0.15) is 42.3 Å². The van der Waals surface area contributed by atoms with Crippen LogP contribution >= 0.6 is 0 Å². The number of rotatable bonds is 5. The maximum atomic E-state index is 12.9. The summed E-state index contributed by atoms with van der Waals surface area (Å²) in [6.07, 6.45) is 0.506. The number of sulfonamides is 1. The van der Waals surface area contributed by atoms with E-state index in [1.54, 1.807) is 12.1 Å². The fourth-order valence-corrected chi connectivity index (χ4v) is 5.23. The summed E-state index contributed by atoms with van der Waals surface area (Å²) in [4.78, 5) is 12.9. The first kappa shape index (κ1) is 21.5. The second kappa shape index (κ2) is 8.65. The standard InChI is InChI=1S/C22H28N2O4S/c1-5-18-8-6-7-15(2)21(18)23-22(25)19-9-11-20(12-10-19)29(26,27)24-13-16(3)28-17(4)14-24/h6-12,16-17H,5,13-14H2,1-4H3,(H,23,25). The molecular weight excluding hydrogens is 388 g/mol. The number of para-hydroxylation sites is 1. The molecule has 29 heavy (non-hydrogen) atoms. The average molecular weight is 417 g/mol. The summed E-state index contributed by atoms with van der Waals surface area (Å²) in [5.41, 5.74) is 3.28. The van der Waals surface area contributed by atoms with Crippen LogP contribution in [0.3, 0.4) is 0 Å².